The predicted octanol–water partition coefficient (Wildman–Crippen LogP) is -1.68. The van der Waals surface area contributed by atoms with Crippen molar-refractivity contribution in [1.82, 2.24) is 73.7 Å². The van der Waals surface area contributed by atoms with E-state index in [0.717, 1.165) is 17.7 Å². The summed E-state index contributed by atoms with van der Waals surface area (Å²) >= 11 is 0. The third-order valence-corrected chi connectivity index (χ3v) is 19.1. The Morgan fingerprint density at radius 1 is 0.509 bits per heavy atom. The second-order valence-electron chi connectivity index (χ2n) is 28.0. The molecule has 0 fully saturated rings. The fourth-order valence-corrected chi connectivity index (χ4v) is 13.1. The van der Waals surface area contributed by atoms with Crippen LogP contribution in [0.4, 0.5) is 4.39 Å². The molecular formula is C77H105FN24O12. The molecule has 0 spiro atoms. The quantitative estimate of drug-likeness (QED) is 0.0116. The van der Waals surface area contributed by atoms with E-state index in [2.05, 4.69) is 68.8 Å². The molecule has 1 aromatic heterocycles. The summed E-state index contributed by atoms with van der Waals surface area (Å²) in [7, 11) is 0. The molecule has 6 aromatic rings. The Kier molecular flexibility index (Phi) is 33.6. The number of halogens is 1. The maximum Gasteiger partial charge on any atom is 0.245 e. The molecule has 37 heteroatoms. The van der Waals surface area contributed by atoms with Crippen molar-refractivity contribution in [3.63, 3.8) is 0 Å². The minimum Gasteiger partial charge on any atom is -0.508 e. The Morgan fingerprint density at radius 2 is 0.930 bits per heavy atom. The normalized spacial score (nSPS) is 14.5. The van der Waals surface area contributed by atoms with Crippen LogP contribution in [0.25, 0.3) is 10.9 Å². The van der Waals surface area contributed by atoms with E-state index < -0.39 is 138 Å². The molecule has 0 saturated carbocycles. The third-order valence-electron chi connectivity index (χ3n) is 19.1. The molecule has 31 N–H and O–H groups in total. The van der Waals surface area contributed by atoms with Crippen molar-refractivity contribution in [3.05, 3.63) is 166 Å². The van der Waals surface area contributed by atoms with Gasteiger partial charge in [-0.15, -0.1) is 0 Å². The molecule has 0 aliphatic carbocycles. The summed E-state index contributed by atoms with van der Waals surface area (Å²) in [4.78, 5) is 150. The molecule has 36 nitrogen and oxygen atoms in total. The van der Waals surface area contributed by atoms with Crippen molar-refractivity contribution in [2.24, 2.45) is 34.4 Å². The van der Waals surface area contributed by atoms with Gasteiger partial charge in [0.25, 0.3) is 0 Å². The van der Waals surface area contributed by atoms with Crippen molar-refractivity contribution in [2.45, 2.75) is 165 Å². The van der Waals surface area contributed by atoms with Crippen LogP contribution in [0.5, 0.6) is 11.5 Å². The van der Waals surface area contributed by atoms with Gasteiger partial charge in [-0.25, -0.2) is 4.39 Å². The number of amides is 10. The van der Waals surface area contributed by atoms with E-state index in [4.69, 9.17) is 56.0 Å². The molecule has 0 bridgehead atoms. The lowest BCUT2D eigenvalue weighted by Crippen LogP contribution is -2.60. The molecule has 0 saturated heterocycles. The van der Waals surface area contributed by atoms with E-state index >= 15 is 9.59 Å². The summed E-state index contributed by atoms with van der Waals surface area (Å²) in [5.74, 6) is -10.5. The van der Waals surface area contributed by atoms with Gasteiger partial charge in [0.1, 0.15) is 65.7 Å². The number of rotatable bonds is 43. The summed E-state index contributed by atoms with van der Waals surface area (Å²) in [6, 6.07) is 15.3. The number of H-pyrrole nitrogens is 1. The van der Waals surface area contributed by atoms with Crippen LogP contribution in [0.1, 0.15) is 102 Å². The predicted molar refractivity (Wildman–Crippen MR) is 425 cm³/mol. The van der Waals surface area contributed by atoms with E-state index in [9.17, 15) is 53.0 Å². The number of aromatic nitrogens is 1. The Bertz CT molecular complexity index is 4390. The van der Waals surface area contributed by atoms with Crippen LogP contribution in [0.3, 0.4) is 0 Å². The number of hydrogen-bond donors (Lipinski definition) is 25. The number of nitrogens with two attached hydrogens (primary N) is 6. The van der Waals surface area contributed by atoms with Crippen LogP contribution < -0.4 is 98.2 Å². The number of guanidine groups is 4. The lowest BCUT2D eigenvalue weighted by Gasteiger charge is -2.28. The summed E-state index contributed by atoms with van der Waals surface area (Å²) in [6.45, 7) is 3.61. The van der Waals surface area contributed by atoms with Crippen LogP contribution in [0.15, 0.2) is 115 Å². The highest BCUT2D eigenvalue weighted by atomic mass is 19.1. The molecule has 5 aromatic carbocycles. The number of aromatic hydroxyl groups is 2. The van der Waals surface area contributed by atoms with E-state index in [1.807, 2.05) is 0 Å². The standard InChI is InChI=1S/C77H105FN24O12/c1-42-33-51(104)34-43(2)53(42)39-54(79)66(107)96-58(17-9-30-91-76(85)86)69(110)101-63-37-46-11-3-4-12-47(46)41-102(73(63)114)32-27-64(105)94-57(16-8-29-90-75(83)84)67(108)98-61(36-45-21-25-50(103)26-22-45)71(112)99-60(35-44-19-23-49(78)24-20-44)70(111)97-59(18-10-31-92-77(87)88)68(109)100-62(38-48-40-93-55-14-6-5-13-52(48)55)72(113)95-56(65(80)106)15-7-28-89-74(81)82/h3-6,11-14,19-26,33-34,40,54,56-63,93,103-104H,7-10,15-18,27-32,35-39,41,79H2,1-2H3,(H2,80,106)(H,94,105)(H,95,113)(H,96,107)(H,97,111)(H,98,108)(H,99,112)(H,100,109)(H,101,110)(H4,81,82,89)(H4,83,84,90)(H4,85,86,91)(H4,87,88,92)/t54-,56-,57-,58+,59-,60-,61-,62-,63-/m0/s1. The molecule has 9 atom stereocenters. The van der Waals surface area contributed by atoms with Gasteiger partial charge in [-0.1, -0.05) is 66.7 Å². The lowest BCUT2D eigenvalue weighted by molar-refractivity contribution is -0.138. The number of primary amides is 1. The Hall–Kier alpha value is -13.1. The maximum absolute atomic E-state index is 15.2. The number of fused-ring (bicyclic) bond motifs is 2. The van der Waals surface area contributed by atoms with Crippen LogP contribution >= 0.6 is 0 Å². The van der Waals surface area contributed by atoms with Crippen molar-refractivity contribution >= 4 is 93.8 Å². The zero-order valence-corrected chi connectivity index (χ0v) is 63.6. The molecule has 10 amide bonds. The van der Waals surface area contributed by atoms with E-state index in [1.54, 1.807) is 80.7 Å². The van der Waals surface area contributed by atoms with Crippen molar-refractivity contribution in [1.29, 1.82) is 21.6 Å². The first-order chi connectivity index (χ1) is 54.3. The first-order valence-corrected chi connectivity index (χ1v) is 37.3. The highest BCUT2D eigenvalue weighted by Crippen LogP contribution is 2.25. The van der Waals surface area contributed by atoms with Gasteiger partial charge in [-0.2, -0.15) is 0 Å². The van der Waals surface area contributed by atoms with Crippen molar-refractivity contribution in [3.8, 4) is 11.5 Å². The van der Waals surface area contributed by atoms with E-state index in [-0.39, 0.29) is 146 Å². The molecule has 1 aliphatic heterocycles. The second kappa shape index (κ2) is 43.5. The minimum atomic E-state index is -1.65. The first-order valence-electron chi connectivity index (χ1n) is 37.3. The summed E-state index contributed by atoms with van der Waals surface area (Å²) < 4.78 is 14.6. The average Bonchev–Trinajstić information content (AvgIpc) is 1.51. The van der Waals surface area contributed by atoms with E-state index in [1.165, 1.54) is 41.3 Å². The first kappa shape index (κ1) is 88.1. The second-order valence-corrected chi connectivity index (χ2v) is 28.0. The Labute approximate surface area is 657 Å². The number of nitrogens with zero attached hydrogens (tertiary/aromatic N) is 1. The summed E-state index contributed by atoms with van der Waals surface area (Å²) in [5, 5.41) is 84.2. The van der Waals surface area contributed by atoms with E-state index in [0.29, 0.717) is 49.8 Å². The number of aromatic amines is 1. The van der Waals surface area contributed by atoms with Gasteiger partial charge in [0, 0.05) is 88.5 Å². The fourth-order valence-electron chi connectivity index (χ4n) is 13.1. The van der Waals surface area contributed by atoms with Gasteiger partial charge in [0.15, 0.2) is 23.8 Å². The van der Waals surface area contributed by atoms with Crippen molar-refractivity contribution < 1.29 is 62.5 Å². The molecular weight excluding hydrogens is 1470 g/mol. The van der Waals surface area contributed by atoms with Gasteiger partial charge in [-0.3, -0.25) is 69.6 Å². The number of phenolic OH excluding ortho intramolecular Hbond substituents is 2. The van der Waals surface area contributed by atoms with Crippen molar-refractivity contribution in [2.75, 3.05) is 32.7 Å². The van der Waals surface area contributed by atoms with Gasteiger partial charge < -0.3 is 118 Å². The Balaban J connectivity index is 1.13. The highest BCUT2D eigenvalue weighted by Gasteiger charge is 2.37. The number of phenols is 2. The number of carbonyl (C=O) groups is 10. The summed E-state index contributed by atoms with van der Waals surface area (Å²) in [6.07, 6.45) is 0.748. The Morgan fingerprint density at radius 3 is 1.44 bits per heavy atom. The fraction of sp³-hybridized carbons (Fsp3) is 0.403. The molecule has 2 heterocycles. The van der Waals surface area contributed by atoms with Gasteiger partial charge >= 0.3 is 0 Å². The number of para-hydroxylation sites is 1. The number of aryl methyl sites for hydroxylation is 2. The number of hydrogen-bond acceptors (Lipinski definition) is 17. The average molecular weight is 1580 g/mol. The van der Waals surface area contributed by atoms with Gasteiger partial charge in [0.2, 0.25) is 59.1 Å². The molecule has 0 unspecified atom stereocenters. The number of carbonyl (C=O) groups excluding carboxylic acids is 10. The lowest BCUT2D eigenvalue weighted by atomic mass is 9.95. The molecule has 1 aliphatic rings. The molecule has 7 rings (SSSR count). The SMILES string of the molecule is Cc1cc(O)cc(C)c1C[C@H](N)C(=O)N[C@H](CCCNC(=N)N)C(=O)N[C@H]1Cc2ccccc2CN(CCC(=O)N[C@@H](CCCNC(=N)N)C(=O)N[C@@H](Cc2ccc(O)cc2)C(=O)N[C@@H](Cc2ccc(F)cc2)C(=O)N[C@@H](CCCNC(=N)N)C(=O)N[C@@H](Cc2c[nH]c3ccccc23)C(=O)N[C@@H](CCCNC(=N)N)C(N)=O)C1=O. The largest absolute Gasteiger partial charge is 0.508 e. The van der Waals surface area contributed by atoms with Crippen LogP contribution in [-0.4, -0.2) is 190 Å². The zero-order valence-electron chi connectivity index (χ0n) is 63.6. The highest BCUT2D eigenvalue weighted by molar-refractivity contribution is 5.99. The third kappa shape index (κ3) is 28.3. The molecule has 0 radical (unpaired) electrons. The van der Waals surface area contributed by atoms with Crippen LogP contribution in [-0.2, 0) is 86.6 Å². The zero-order chi connectivity index (χ0) is 83.1. The maximum atomic E-state index is 15.2. The smallest absolute Gasteiger partial charge is 0.245 e. The van der Waals surface area contributed by atoms with Crippen LogP contribution in [0, 0.1) is 41.3 Å². The van der Waals surface area contributed by atoms with Gasteiger partial charge in [0.05, 0.1) is 6.04 Å². The topological polar surface area (TPSA) is 626 Å². The van der Waals surface area contributed by atoms with Crippen LogP contribution in [0.2, 0.25) is 0 Å². The summed E-state index contributed by atoms with van der Waals surface area (Å²) in [5.41, 5.74) is 39.8. The minimum absolute atomic E-state index is 0.00393. The molecule has 114 heavy (non-hydrogen) atoms. The number of benzene rings is 5. The monoisotopic (exact) mass is 1580 g/mol. The van der Waals surface area contributed by atoms with Gasteiger partial charge in [-0.05, 0) is 159 Å². The molecule has 612 valence electrons. The number of nitrogens with one attached hydrogen (secondary N) is 17.